The molecule has 1 unspecified atom stereocenters. The lowest BCUT2D eigenvalue weighted by molar-refractivity contribution is 0.0292. The molecule has 0 N–H and O–H groups in total. The molecule has 0 saturated carbocycles. The number of ether oxygens (including phenoxy) is 1. The molecule has 1 saturated heterocycles. The fourth-order valence-electron chi connectivity index (χ4n) is 2.26. The van der Waals surface area contributed by atoms with Gasteiger partial charge in [-0.25, -0.2) is 4.79 Å². The lowest BCUT2D eigenvalue weighted by Crippen LogP contribution is -2.35. The Hall–Kier alpha value is -1.03. The number of benzene rings is 1. The Morgan fingerprint density at radius 2 is 1.95 bits per heavy atom. The van der Waals surface area contributed by atoms with Gasteiger partial charge in [0.05, 0.1) is 0 Å². The number of nitrogens with zero attached hydrogens (tertiary/aromatic N) is 1. The molecule has 2 rings (SSSR count). The van der Waals surface area contributed by atoms with Crippen LogP contribution in [0.3, 0.4) is 0 Å². The summed E-state index contributed by atoms with van der Waals surface area (Å²) < 4.78 is 6.49. The molecule has 19 heavy (non-hydrogen) atoms. The number of carbonyl (C=O) groups is 1. The SMILES string of the molecule is CC(C)(C)OC(=O)N1CCC(c2ccc(Br)cc2)C1. The van der Waals surface area contributed by atoms with Gasteiger partial charge in [-0.1, -0.05) is 28.1 Å². The topological polar surface area (TPSA) is 29.5 Å². The third-order valence-electron chi connectivity index (χ3n) is 3.18. The van der Waals surface area contributed by atoms with Gasteiger partial charge in [-0.3, -0.25) is 0 Å². The van der Waals surface area contributed by atoms with Gasteiger partial charge in [0.15, 0.2) is 0 Å². The van der Waals surface area contributed by atoms with Crippen LogP contribution in [-0.4, -0.2) is 29.7 Å². The van der Waals surface area contributed by atoms with Crippen molar-refractivity contribution in [3.63, 3.8) is 0 Å². The summed E-state index contributed by atoms with van der Waals surface area (Å²) in [6.45, 7) is 7.21. The molecule has 4 heteroatoms. The molecular formula is C15H20BrNO2. The van der Waals surface area contributed by atoms with Crippen molar-refractivity contribution in [3.05, 3.63) is 34.3 Å². The highest BCUT2D eigenvalue weighted by Crippen LogP contribution is 2.29. The fraction of sp³-hybridized carbons (Fsp3) is 0.533. The van der Waals surface area contributed by atoms with Crippen LogP contribution < -0.4 is 0 Å². The van der Waals surface area contributed by atoms with E-state index >= 15 is 0 Å². The molecule has 1 heterocycles. The summed E-state index contributed by atoms with van der Waals surface area (Å²) in [6, 6.07) is 8.33. The van der Waals surface area contributed by atoms with Gasteiger partial charge in [0, 0.05) is 23.5 Å². The zero-order valence-corrected chi connectivity index (χ0v) is 13.2. The second kappa shape index (κ2) is 5.53. The normalized spacial score (nSPS) is 19.6. The Bertz CT molecular complexity index is 450. The van der Waals surface area contributed by atoms with Crippen LogP contribution in [0.1, 0.15) is 38.7 Å². The maximum absolute atomic E-state index is 12.0. The lowest BCUT2D eigenvalue weighted by atomic mass is 9.99. The molecule has 1 aliphatic heterocycles. The zero-order valence-electron chi connectivity index (χ0n) is 11.6. The molecule has 0 aliphatic carbocycles. The quantitative estimate of drug-likeness (QED) is 0.775. The minimum absolute atomic E-state index is 0.202. The molecule has 0 radical (unpaired) electrons. The van der Waals surface area contributed by atoms with Crippen molar-refractivity contribution in [2.24, 2.45) is 0 Å². The van der Waals surface area contributed by atoms with E-state index in [4.69, 9.17) is 4.74 Å². The summed E-state index contributed by atoms with van der Waals surface area (Å²) in [5.41, 5.74) is 0.863. The van der Waals surface area contributed by atoms with E-state index in [0.717, 1.165) is 24.0 Å². The van der Waals surface area contributed by atoms with Crippen LogP contribution >= 0.6 is 15.9 Å². The number of hydrogen-bond acceptors (Lipinski definition) is 2. The highest BCUT2D eigenvalue weighted by molar-refractivity contribution is 9.10. The molecule has 0 bridgehead atoms. The van der Waals surface area contributed by atoms with Crippen LogP contribution in [-0.2, 0) is 4.74 Å². The molecular weight excluding hydrogens is 306 g/mol. The maximum Gasteiger partial charge on any atom is 0.410 e. The average Bonchev–Trinajstić information content (AvgIpc) is 2.77. The van der Waals surface area contributed by atoms with Crippen molar-refractivity contribution in [3.8, 4) is 0 Å². The van der Waals surface area contributed by atoms with Gasteiger partial charge < -0.3 is 9.64 Å². The van der Waals surface area contributed by atoms with E-state index in [2.05, 4.69) is 28.1 Å². The van der Waals surface area contributed by atoms with Crippen molar-refractivity contribution >= 4 is 22.0 Å². The van der Waals surface area contributed by atoms with Crippen molar-refractivity contribution in [1.82, 2.24) is 4.90 Å². The summed E-state index contributed by atoms with van der Waals surface area (Å²) in [5.74, 6) is 0.417. The minimum Gasteiger partial charge on any atom is -0.444 e. The second-order valence-electron chi connectivity index (χ2n) is 5.96. The Balaban J connectivity index is 1.96. The maximum atomic E-state index is 12.0. The largest absolute Gasteiger partial charge is 0.444 e. The lowest BCUT2D eigenvalue weighted by Gasteiger charge is -2.24. The van der Waals surface area contributed by atoms with Crippen LogP contribution in [0.5, 0.6) is 0 Å². The monoisotopic (exact) mass is 325 g/mol. The fourth-order valence-corrected chi connectivity index (χ4v) is 2.52. The van der Waals surface area contributed by atoms with E-state index in [0.29, 0.717) is 5.92 Å². The van der Waals surface area contributed by atoms with E-state index in [-0.39, 0.29) is 6.09 Å². The van der Waals surface area contributed by atoms with Gasteiger partial charge >= 0.3 is 6.09 Å². The molecule has 0 aromatic heterocycles. The highest BCUT2D eigenvalue weighted by atomic mass is 79.9. The van der Waals surface area contributed by atoms with Crippen molar-refractivity contribution in [2.75, 3.05) is 13.1 Å². The second-order valence-corrected chi connectivity index (χ2v) is 6.88. The predicted octanol–water partition coefficient (Wildman–Crippen LogP) is 4.17. The number of likely N-dealkylation sites (tertiary alicyclic amines) is 1. The number of halogens is 1. The van der Waals surface area contributed by atoms with E-state index in [1.54, 1.807) is 4.90 Å². The standard InChI is InChI=1S/C15H20BrNO2/c1-15(2,3)19-14(18)17-9-8-12(10-17)11-4-6-13(16)7-5-11/h4-7,12H,8-10H2,1-3H3. The van der Waals surface area contributed by atoms with E-state index in [1.807, 2.05) is 32.9 Å². The van der Waals surface area contributed by atoms with Crippen LogP contribution in [0.15, 0.2) is 28.7 Å². The molecule has 1 atom stereocenters. The van der Waals surface area contributed by atoms with Crippen molar-refractivity contribution in [1.29, 1.82) is 0 Å². The Morgan fingerprint density at radius 3 is 2.53 bits per heavy atom. The third-order valence-corrected chi connectivity index (χ3v) is 3.71. The molecule has 1 aliphatic rings. The van der Waals surface area contributed by atoms with E-state index < -0.39 is 5.60 Å². The first-order chi connectivity index (χ1) is 8.85. The molecule has 1 aromatic carbocycles. The number of hydrogen-bond donors (Lipinski definition) is 0. The first kappa shape index (κ1) is 14.4. The summed E-state index contributed by atoms with van der Waals surface area (Å²) in [7, 11) is 0. The first-order valence-electron chi connectivity index (χ1n) is 6.58. The summed E-state index contributed by atoms with van der Waals surface area (Å²) in [4.78, 5) is 13.8. The third kappa shape index (κ3) is 3.96. The van der Waals surface area contributed by atoms with Crippen molar-refractivity contribution < 1.29 is 9.53 Å². The molecule has 1 fully saturated rings. The summed E-state index contributed by atoms with van der Waals surface area (Å²) >= 11 is 3.44. The summed E-state index contributed by atoms with van der Waals surface area (Å²) in [6.07, 6.45) is 0.799. The van der Waals surface area contributed by atoms with Crippen molar-refractivity contribution in [2.45, 2.75) is 38.7 Å². The Morgan fingerprint density at radius 1 is 1.32 bits per heavy atom. The Kier molecular flexibility index (Phi) is 4.19. The van der Waals surface area contributed by atoms with Gasteiger partial charge in [-0.05, 0) is 44.9 Å². The van der Waals surface area contributed by atoms with Gasteiger partial charge in [0.25, 0.3) is 0 Å². The highest BCUT2D eigenvalue weighted by Gasteiger charge is 2.30. The van der Waals surface area contributed by atoms with Crippen LogP contribution in [0.2, 0.25) is 0 Å². The Labute approximate surface area is 123 Å². The van der Waals surface area contributed by atoms with Crippen LogP contribution in [0.4, 0.5) is 4.79 Å². The molecule has 104 valence electrons. The molecule has 1 amide bonds. The predicted molar refractivity (Wildman–Crippen MR) is 79.3 cm³/mol. The summed E-state index contributed by atoms with van der Waals surface area (Å²) in [5, 5.41) is 0. The zero-order chi connectivity index (χ0) is 14.0. The molecule has 1 aromatic rings. The molecule has 0 spiro atoms. The van der Waals surface area contributed by atoms with Crippen LogP contribution in [0, 0.1) is 0 Å². The van der Waals surface area contributed by atoms with Gasteiger partial charge in [-0.15, -0.1) is 0 Å². The van der Waals surface area contributed by atoms with Gasteiger partial charge in [0.2, 0.25) is 0 Å². The van der Waals surface area contributed by atoms with Gasteiger partial charge in [-0.2, -0.15) is 0 Å². The smallest absolute Gasteiger partial charge is 0.410 e. The minimum atomic E-state index is -0.424. The number of amides is 1. The number of carbonyl (C=O) groups excluding carboxylic acids is 1. The number of rotatable bonds is 1. The first-order valence-corrected chi connectivity index (χ1v) is 7.38. The average molecular weight is 326 g/mol. The van der Waals surface area contributed by atoms with E-state index in [9.17, 15) is 4.79 Å². The molecule has 3 nitrogen and oxygen atoms in total. The van der Waals surface area contributed by atoms with Crippen LogP contribution in [0.25, 0.3) is 0 Å². The van der Waals surface area contributed by atoms with E-state index in [1.165, 1.54) is 5.56 Å². The van der Waals surface area contributed by atoms with Gasteiger partial charge in [0.1, 0.15) is 5.60 Å².